The number of hydrogen-bond donors (Lipinski definition) is 3. The first-order chi connectivity index (χ1) is 7.47. The van der Waals surface area contributed by atoms with Crippen LogP contribution in [0, 0.1) is 6.92 Å². The van der Waals surface area contributed by atoms with Crippen molar-refractivity contribution in [1.82, 2.24) is 10.2 Å². The Balaban J connectivity index is 2.65. The number of nitrogens with one attached hydrogen (secondary N) is 1. The van der Waals surface area contributed by atoms with Crippen LogP contribution in [0.4, 0.5) is 5.82 Å². The molecule has 0 saturated heterocycles. The van der Waals surface area contributed by atoms with E-state index in [4.69, 9.17) is 11.5 Å². The molecular weight excluding hydrogens is 204 g/mol. The van der Waals surface area contributed by atoms with Crippen LogP contribution in [-0.4, -0.2) is 27.9 Å². The summed E-state index contributed by atoms with van der Waals surface area (Å²) in [4.78, 5) is 8.29. The minimum absolute atomic E-state index is 0.167. The van der Waals surface area contributed by atoms with E-state index in [-0.39, 0.29) is 6.04 Å². The van der Waals surface area contributed by atoms with Gasteiger partial charge in [-0.15, -0.1) is 0 Å². The molecule has 6 nitrogen and oxygen atoms in total. The Morgan fingerprint density at radius 2 is 2.12 bits per heavy atom. The molecule has 88 valence electrons. The van der Waals surface area contributed by atoms with E-state index in [1.807, 2.05) is 26.8 Å². The number of nitrogens with zero attached hydrogens (tertiary/aromatic N) is 3. The highest BCUT2D eigenvalue weighted by atomic mass is 15.2. The lowest BCUT2D eigenvalue weighted by Crippen LogP contribution is -2.23. The van der Waals surface area contributed by atoms with E-state index in [1.54, 1.807) is 0 Å². The maximum Gasteiger partial charge on any atom is 0.175 e. The Morgan fingerprint density at radius 3 is 2.62 bits per heavy atom. The SMILES string of the molecule is Cc1cc(N=C(N)CC(N)=NC(C)C)n[nH]1. The quantitative estimate of drug-likeness (QED) is 0.519. The number of aryl methyl sites for hydroxylation is 1. The van der Waals surface area contributed by atoms with Crippen molar-refractivity contribution >= 4 is 17.5 Å². The number of rotatable bonds is 4. The highest BCUT2D eigenvalue weighted by molar-refractivity contribution is 6.01. The zero-order valence-electron chi connectivity index (χ0n) is 9.86. The lowest BCUT2D eigenvalue weighted by molar-refractivity contribution is 0.831. The molecule has 1 rings (SSSR count). The lowest BCUT2D eigenvalue weighted by Gasteiger charge is -2.02. The van der Waals surface area contributed by atoms with E-state index in [1.165, 1.54) is 0 Å². The Bertz CT molecular complexity index is 401. The van der Waals surface area contributed by atoms with Gasteiger partial charge < -0.3 is 11.5 Å². The van der Waals surface area contributed by atoms with E-state index >= 15 is 0 Å². The van der Waals surface area contributed by atoms with Crippen LogP contribution in [0.15, 0.2) is 16.1 Å². The Hall–Kier alpha value is -1.85. The molecule has 0 bridgehead atoms. The van der Waals surface area contributed by atoms with Gasteiger partial charge in [-0.05, 0) is 20.8 Å². The second-order valence-corrected chi connectivity index (χ2v) is 3.90. The number of aliphatic imine (C=N–C) groups is 2. The van der Waals surface area contributed by atoms with E-state index in [9.17, 15) is 0 Å². The molecule has 16 heavy (non-hydrogen) atoms. The molecule has 0 amide bonds. The van der Waals surface area contributed by atoms with Crippen LogP contribution in [0.25, 0.3) is 0 Å². The molecule has 0 aromatic carbocycles. The summed E-state index contributed by atoms with van der Waals surface area (Å²) in [6.45, 7) is 5.81. The second kappa shape index (κ2) is 5.29. The fraction of sp³-hybridized carbons (Fsp3) is 0.500. The van der Waals surface area contributed by atoms with E-state index < -0.39 is 0 Å². The molecule has 5 N–H and O–H groups in total. The zero-order valence-corrected chi connectivity index (χ0v) is 9.86. The molecule has 0 saturated carbocycles. The molecule has 0 aliphatic heterocycles. The first kappa shape index (κ1) is 12.2. The molecule has 0 atom stereocenters. The number of amidine groups is 2. The summed E-state index contributed by atoms with van der Waals surface area (Å²) in [6.07, 6.45) is 0.365. The number of hydrogen-bond acceptors (Lipinski definition) is 3. The van der Waals surface area contributed by atoms with Crippen molar-refractivity contribution in [3.8, 4) is 0 Å². The molecule has 0 aliphatic rings. The van der Waals surface area contributed by atoms with E-state index in [2.05, 4.69) is 20.2 Å². The van der Waals surface area contributed by atoms with Crippen LogP contribution >= 0.6 is 0 Å². The predicted octanol–water partition coefficient (Wildman–Crippen LogP) is 0.863. The van der Waals surface area contributed by atoms with Crippen molar-refractivity contribution in [2.75, 3.05) is 0 Å². The summed E-state index contributed by atoms with van der Waals surface area (Å²) in [5.74, 6) is 1.46. The molecule has 0 spiro atoms. The third-order valence-corrected chi connectivity index (χ3v) is 1.74. The molecule has 0 aliphatic carbocycles. The summed E-state index contributed by atoms with van der Waals surface area (Å²) in [6, 6.07) is 1.98. The fourth-order valence-electron chi connectivity index (χ4n) is 1.21. The first-order valence-corrected chi connectivity index (χ1v) is 5.14. The minimum atomic E-state index is 0.167. The van der Waals surface area contributed by atoms with Crippen LogP contribution in [0.2, 0.25) is 0 Å². The van der Waals surface area contributed by atoms with E-state index in [0.717, 1.165) is 5.69 Å². The Labute approximate surface area is 94.9 Å². The highest BCUT2D eigenvalue weighted by Crippen LogP contribution is 2.08. The average Bonchev–Trinajstić information content (AvgIpc) is 2.48. The van der Waals surface area contributed by atoms with Crippen molar-refractivity contribution in [2.45, 2.75) is 33.2 Å². The fourth-order valence-corrected chi connectivity index (χ4v) is 1.21. The molecule has 0 unspecified atom stereocenters. The third kappa shape index (κ3) is 4.12. The standard InChI is InChI=1S/C10H18N6/c1-6(2)13-8(11)5-9(12)14-10-4-7(3)15-16-10/h4,6H,5H2,1-3H3,(H2,11,13)(H3,12,14,15,16). The topological polar surface area (TPSA) is 105 Å². The van der Waals surface area contributed by atoms with Gasteiger partial charge in [0.15, 0.2) is 5.82 Å². The highest BCUT2D eigenvalue weighted by Gasteiger charge is 2.01. The van der Waals surface area contributed by atoms with Gasteiger partial charge in [0.1, 0.15) is 11.7 Å². The Morgan fingerprint density at radius 1 is 1.44 bits per heavy atom. The lowest BCUT2D eigenvalue weighted by atomic mass is 10.3. The molecule has 0 fully saturated rings. The number of H-pyrrole nitrogens is 1. The largest absolute Gasteiger partial charge is 0.387 e. The smallest absolute Gasteiger partial charge is 0.175 e. The monoisotopic (exact) mass is 222 g/mol. The first-order valence-electron chi connectivity index (χ1n) is 5.14. The van der Waals surface area contributed by atoms with Gasteiger partial charge in [0.05, 0.1) is 6.42 Å². The minimum Gasteiger partial charge on any atom is -0.387 e. The summed E-state index contributed by atoms with van der Waals surface area (Å²) in [5, 5.41) is 6.74. The second-order valence-electron chi connectivity index (χ2n) is 3.90. The third-order valence-electron chi connectivity index (χ3n) is 1.74. The summed E-state index contributed by atoms with van der Waals surface area (Å²) >= 11 is 0. The van der Waals surface area contributed by atoms with Crippen LogP contribution in [0.3, 0.4) is 0 Å². The maximum atomic E-state index is 5.73. The van der Waals surface area contributed by atoms with Gasteiger partial charge in [-0.3, -0.25) is 10.1 Å². The molecule has 1 aromatic rings. The van der Waals surface area contributed by atoms with Crippen molar-refractivity contribution in [3.63, 3.8) is 0 Å². The molecule has 0 radical (unpaired) electrons. The maximum absolute atomic E-state index is 5.73. The predicted molar refractivity (Wildman–Crippen MR) is 66.0 cm³/mol. The van der Waals surface area contributed by atoms with Gasteiger partial charge in [-0.25, -0.2) is 4.99 Å². The number of aromatic nitrogens is 2. The van der Waals surface area contributed by atoms with Crippen molar-refractivity contribution in [3.05, 3.63) is 11.8 Å². The van der Waals surface area contributed by atoms with Gasteiger partial charge >= 0.3 is 0 Å². The molecule has 1 aromatic heterocycles. The van der Waals surface area contributed by atoms with Gasteiger partial charge in [-0.2, -0.15) is 5.10 Å². The molecule has 1 heterocycles. The van der Waals surface area contributed by atoms with Crippen molar-refractivity contribution < 1.29 is 0 Å². The van der Waals surface area contributed by atoms with E-state index in [0.29, 0.717) is 23.9 Å². The van der Waals surface area contributed by atoms with Crippen molar-refractivity contribution in [2.24, 2.45) is 21.5 Å². The van der Waals surface area contributed by atoms with Gasteiger partial charge in [0, 0.05) is 17.8 Å². The van der Waals surface area contributed by atoms with Crippen LogP contribution in [0.5, 0.6) is 0 Å². The van der Waals surface area contributed by atoms with Crippen molar-refractivity contribution in [1.29, 1.82) is 0 Å². The average molecular weight is 222 g/mol. The van der Waals surface area contributed by atoms with Gasteiger partial charge in [0.2, 0.25) is 0 Å². The normalized spacial score (nSPS) is 13.5. The van der Waals surface area contributed by atoms with Crippen LogP contribution in [0.1, 0.15) is 26.0 Å². The number of nitrogens with two attached hydrogens (primary N) is 2. The summed E-state index contributed by atoms with van der Waals surface area (Å²) in [5.41, 5.74) is 12.4. The Kier molecular flexibility index (Phi) is 4.04. The van der Waals surface area contributed by atoms with Gasteiger partial charge in [-0.1, -0.05) is 0 Å². The number of aromatic amines is 1. The van der Waals surface area contributed by atoms with Crippen LogP contribution in [-0.2, 0) is 0 Å². The van der Waals surface area contributed by atoms with Gasteiger partial charge in [0.25, 0.3) is 0 Å². The molecule has 6 heteroatoms. The summed E-state index contributed by atoms with van der Waals surface area (Å²) in [7, 11) is 0. The molecular formula is C10H18N6. The summed E-state index contributed by atoms with van der Waals surface area (Å²) < 4.78 is 0. The van der Waals surface area contributed by atoms with Crippen LogP contribution < -0.4 is 11.5 Å². The zero-order chi connectivity index (χ0) is 12.1.